The Balaban J connectivity index is 2.77. The van der Waals surface area contributed by atoms with Crippen LogP contribution in [-0.4, -0.2) is 5.90 Å². The summed E-state index contributed by atoms with van der Waals surface area (Å²) in [5, 5.41) is 8.45. The largest absolute Gasteiger partial charge is 0.442 e. The molecule has 0 saturated heterocycles. The second-order valence-electron chi connectivity index (χ2n) is 3.12. The van der Waals surface area contributed by atoms with Crippen molar-refractivity contribution in [1.29, 1.82) is 5.26 Å². The number of para-hydroxylation sites is 1. The molecule has 0 unspecified atom stereocenters. The standard InChI is InChI=1S/C11H12N2O/c1-9(2)11(13-8-12)14-10-6-4-3-5-7-10/h3-7,9H,1-2H3/b13-11-. The SMILES string of the molecule is CC(C)/C(=N/C#N)Oc1ccccc1. The molecule has 0 aromatic heterocycles. The molecule has 0 atom stereocenters. The first kappa shape index (κ1) is 10.3. The molecule has 0 fully saturated rings. The van der Waals surface area contributed by atoms with E-state index >= 15 is 0 Å². The van der Waals surface area contributed by atoms with E-state index in [4.69, 9.17) is 10.00 Å². The first-order chi connectivity index (χ1) is 6.74. The van der Waals surface area contributed by atoms with Crippen molar-refractivity contribution in [2.24, 2.45) is 10.9 Å². The molecular formula is C11H12N2O. The molecule has 0 aliphatic rings. The number of nitrogens with zero attached hydrogens (tertiary/aromatic N) is 2. The van der Waals surface area contributed by atoms with Crippen LogP contribution in [0.3, 0.4) is 0 Å². The van der Waals surface area contributed by atoms with Crippen LogP contribution in [0.2, 0.25) is 0 Å². The molecule has 3 nitrogen and oxygen atoms in total. The third kappa shape index (κ3) is 2.91. The zero-order chi connectivity index (χ0) is 10.4. The molecule has 0 aliphatic heterocycles. The minimum atomic E-state index is 0.106. The van der Waals surface area contributed by atoms with Crippen molar-refractivity contribution in [2.75, 3.05) is 0 Å². The molecule has 3 heteroatoms. The van der Waals surface area contributed by atoms with E-state index in [0.29, 0.717) is 11.6 Å². The summed E-state index contributed by atoms with van der Waals surface area (Å²) in [6.45, 7) is 3.86. The van der Waals surface area contributed by atoms with Crippen LogP contribution in [0, 0.1) is 17.4 Å². The van der Waals surface area contributed by atoms with E-state index in [0.717, 1.165) is 0 Å². The van der Waals surface area contributed by atoms with Gasteiger partial charge in [0.05, 0.1) is 0 Å². The van der Waals surface area contributed by atoms with Gasteiger partial charge in [-0.2, -0.15) is 5.26 Å². The molecule has 1 aromatic carbocycles. The number of nitriles is 1. The van der Waals surface area contributed by atoms with E-state index in [1.807, 2.05) is 44.2 Å². The summed E-state index contributed by atoms with van der Waals surface area (Å²) in [4.78, 5) is 3.62. The molecule has 0 bridgehead atoms. The minimum absolute atomic E-state index is 0.106. The predicted molar refractivity (Wildman–Crippen MR) is 55.0 cm³/mol. The molecule has 0 aliphatic carbocycles. The molecule has 1 aromatic rings. The van der Waals surface area contributed by atoms with E-state index in [1.54, 1.807) is 6.19 Å². The molecular weight excluding hydrogens is 176 g/mol. The fraction of sp³-hybridized carbons (Fsp3) is 0.273. The third-order valence-corrected chi connectivity index (χ3v) is 1.62. The molecule has 0 spiro atoms. The second-order valence-corrected chi connectivity index (χ2v) is 3.12. The lowest BCUT2D eigenvalue weighted by Gasteiger charge is -2.09. The van der Waals surface area contributed by atoms with E-state index in [9.17, 15) is 0 Å². The Kier molecular flexibility index (Phi) is 3.69. The molecule has 0 saturated carbocycles. The lowest BCUT2D eigenvalue weighted by molar-refractivity contribution is 0.507. The molecule has 0 heterocycles. The lowest BCUT2D eigenvalue weighted by atomic mass is 10.2. The quantitative estimate of drug-likeness (QED) is 0.407. The summed E-state index contributed by atoms with van der Waals surface area (Å²) in [5.41, 5.74) is 0. The molecule has 14 heavy (non-hydrogen) atoms. The Morgan fingerprint density at radius 2 is 2.00 bits per heavy atom. The summed E-state index contributed by atoms with van der Waals surface area (Å²) in [5.74, 6) is 1.25. The van der Waals surface area contributed by atoms with Crippen LogP contribution in [0.1, 0.15) is 13.8 Å². The predicted octanol–water partition coefficient (Wildman–Crippen LogP) is 2.60. The smallest absolute Gasteiger partial charge is 0.208 e. The Hall–Kier alpha value is -1.82. The topological polar surface area (TPSA) is 45.4 Å². The zero-order valence-electron chi connectivity index (χ0n) is 8.27. The average Bonchev–Trinajstić information content (AvgIpc) is 2.18. The number of hydrogen-bond donors (Lipinski definition) is 0. The summed E-state index contributed by atoms with van der Waals surface area (Å²) in [6, 6.07) is 9.31. The van der Waals surface area contributed by atoms with Crippen molar-refractivity contribution < 1.29 is 4.74 Å². The fourth-order valence-corrected chi connectivity index (χ4v) is 0.928. The van der Waals surface area contributed by atoms with E-state index < -0.39 is 0 Å². The van der Waals surface area contributed by atoms with Crippen molar-refractivity contribution in [3.05, 3.63) is 30.3 Å². The van der Waals surface area contributed by atoms with Crippen LogP contribution in [0.4, 0.5) is 0 Å². The van der Waals surface area contributed by atoms with Crippen LogP contribution in [-0.2, 0) is 0 Å². The Labute approximate surface area is 83.7 Å². The number of aliphatic imine (C=N–C) groups is 1. The van der Waals surface area contributed by atoms with Gasteiger partial charge in [-0.05, 0) is 12.1 Å². The number of hydrogen-bond acceptors (Lipinski definition) is 3. The van der Waals surface area contributed by atoms with Crippen LogP contribution < -0.4 is 4.74 Å². The van der Waals surface area contributed by atoms with Gasteiger partial charge in [0.15, 0.2) is 0 Å². The highest BCUT2D eigenvalue weighted by Gasteiger charge is 2.07. The van der Waals surface area contributed by atoms with Gasteiger partial charge >= 0.3 is 0 Å². The number of ether oxygens (including phenoxy) is 1. The van der Waals surface area contributed by atoms with Crippen molar-refractivity contribution in [3.63, 3.8) is 0 Å². The summed E-state index contributed by atoms with van der Waals surface area (Å²) < 4.78 is 5.44. The van der Waals surface area contributed by atoms with Gasteiger partial charge in [-0.15, -0.1) is 4.99 Å². The van der Waals surface area contributed by atoms with Crippen molar-refractivity contribution >= 4 is 5.90 Å². The summed E-state index contributed by atoms with van der Waals surface area (Å²) >= 11 is 0. The van der Waals surface area contributed by atoms with Crippen LogP contribution in [0.15, 0.2) is 35.3 Å². The van der Waals surface area contributed by atoms with Crippen LogP contribution >= 0.6 is 0 Å². The van der Waals surface area contributed by atoms with E-state index in [2.05, 4.69) is 4.99 Å². The first-order valence-corrected chi connectivity index (χ1v) is 4.43. The highest BCUT2D eigenvalue weighted by atomic mass is 16.5. The number of rotatable bonds is 2. The van der Waals surface area contributed by atoms with Crippen LogP contribution in [0.25, 0.3) is 0 Å². The van der Waals surface area contributed by atoms with Gasteiger partial charge in [0.2, 0.25) is 12.1 Å². The van der Waals surface area contributed by atoms with E-state index in [1.165, 1.54) is 0 Å². The van der Waals surface area contributed by atoms with E-state index in [-0.39, 0.29) is 5.92 Å². The molecule has 72 valence electrons. The maximum absolute atomic E-state index is 8.45. The maximum atomic E-state index is 8.45. The highest BCUT2D eigenvalue weighted by molar-refractivity contribution is 5.81. The first-order valence-electron chi connectivity index (χ1n) is 4.43. The van der Waals surface area contributed by atoms with Crippen molar-refractivity contribution in [3.8, 4) is 11.9 Å². The molecule has 1 rings (SSSR count). The van der Waals surface area contributed by atoms with Gasteiger partial charge in [0.25, 0.3) is 0 Å². The number of benzene rings is 1. The fourth-order valence-electron chi connectivity index (χ4n) is 0.928. The summed E-state index contributed by atoms with van der Waals surface area (Å²) in [7, 11) is 0. The molecule has 0 N–H and O–H groups in total. The third-order valence-electron chi connectivity index (χ3n) is 1.62. The average molecular weight is 188 g/mol. The van der Waals surface area contributed by atoms with Gasteiger partial charge in [0, 0.05) is 5.92 Å². The second kappa shape index (κ2) is 5.03. The van der Waals surface area contributed by atoms with Crippen molar-refractivity contribution in [2.45, 2.75) is 13.8 Å². The van der Waals surface area contributed by atoms with Gasteiger partial charge in [-0.25, -0.2) is 0 Å². The van der Waals surface area contributed by atoms with Gasteiger partial charge in [-0.1, -0.05) is 32.0 Å². The monoisotopic (exact) mass is 188 g/mol. The zero-order valence-corrected chi connectivity index (χ0v) is 8.27. The maximum Gasteiger partial charge on any atom is 0.208 e. The van der Waals surface area contributed by atoms with Gasteiger partial charge < -0.3 is 4.74 Å². The lowest BCUT2D eigenvalue weighted by Crippen LogP contribution is -2.15. The molecule has 0 radical (unpaired) electrons. The Morgan fingerprint density at radius 3 is 2.50 bits per heavy atom. The minimum Gasteiger partial charge on any atom is -0.442 e. The van der Waals surface area contributed by atoms with Gasteiger partial charge in [0.1, 0.15) is 5.75 Å². The highest BCUT2D eigenvalue weighted by Crippen LogP contribution is 2.11. The van der Waals surface area contributed by atoms with Gasteiger partial charge in [-0.3, -0.25) is 0 Å². The molecule has 0 amide bonds. The Morgan fingerprint density at radius 1 is 1.36 bits per heavy atom. The normalized spacial score (nSPS) is 11.1. The van der Waals surface area contributed by atoms with Crippen LogP contribution in [0.5, 0.6) is 5.75 Å². The van der Waals surface area contributed by atoms with Crippen molar-refractivity contribution in [1.82, 2.24) is 0 Å². The summed E-state index contributed by atoms with van der Waals surface area (Å²) in [6.07, 6.45) is 1.73. The Bertz CT molecular complexity index is 349.